The normalized spacial score (nSPS) is 14.8. The van der Waals surface area contributed by atoms with Crippen LogP contribution in [0.1, 0.15) is 13.8 Å². The lowest BCUT2D eigenvalue weighted by molar-refractivity contribution is -0.139. The van der Waals surface area contributed by atoms with E-state index in [-0.39, 0.29) is 10.7 Å². The molecule has 0 bridgehead atoms. The zero-order valence-corrected chi connectivity index (χ0v) is 16.5. The molecule has 2 atom stereocenters. The van der Waals surface area contributed by atoms with Crippen LogP contribution in [-0.2, 0) is 9.84 Å². The average Bonchev–Trinajstić information content (AvgIpc) is 2.59. The molecule has 0 aliphatic heterocycles. The van der Waals surface area contributed by atoms with E-state index in [1.807, 2.05) is 10.6 Å². The van der Waals surface area contributed by atoms with Crippen molar-refractivity contribution >= 4 is 21.7 Å². The van der Waals surface area contributed by atoms with E-state index in [1.54, 1.807) is 0 Å². The van der Waals surface area contributed by atoms with E-state index >= 15 is 0 Å². The fraction of sp³-hybridized carbons (Fsp3) is 0.467. The zero-order chi connectivity index (χ0) is 22.9. The first-order valence-electron chi connectivity index (χ1n) is 8.17. The number of hydrogen-bond acceptors (Lipinski definition) is 8. The Kier molecular flexibility index (Phi) is 6.44. The van der Waals surface area contributed by atoms with Gasteiger partial charge >= 0.3 is 12.4 Å². The summed E-state index contributed by atoms with van der Waals surface area (Å²) in [6, 6.07) is -0.570. The molecule has 0 aliphatic rings. The van der Waals surface area contributed by atoms with E-state index in [0.717, 1.165) is 26.2 Å². The predicted molar refractivity (Wildman–Crippen MR) is 94.4 cm³/mol. The quantitative estimate of drug-likeness (QED) is 0.636. The Balaban J connectivity index is 2.53. The first kappa shape index (κ1) is 23.6. The third kappa shape index (κ3) is 6.14. The molecule has 15 heteroatoms. The van der Waals surface area contributed by atoms with Crippen LogP contribution >= 0.6 is 0 Å². The van der Waals surface area contributed by atoms with Crippen molar-refractivity contribution in [3.8, 4) is 11.5 Å². The Morgan fingerprint density at radius 3 is 1.70 bits per heavy atom. The van der Waals surface area contributed by atoms with Gasteiger partial charge in [0.1, 0.15) is 17.8 Å². The van der Waals surface area contributed by atoms with Crippen LogP contribution in [0.2, 0.25) is 0 Å². The maximum Gasteiger partial charge on any atom is 0.408 e. The lowest BCUT2D eigenvalue weighted by Crippen LogP contribution is -2.35. The molecule has 0 unspecified atom stereocenters. The molecule has 8 nitrogen and oxygen atoms in total. The van der Waals surface area contributed by atoms with Gasteiger partial charge in [0.2, 0.25) is 11.9 Å². The van der Waals surface area contributed by atoms with Crippen LogP contribution in [0, 0.1) is 0 Å². The van der Waals surface area contributed by atoms with Crippen LogP contribution in [0.5, 0.6) is 0 Å². The maximum atomic E-state index is 12.8. The van der Waals surface area contributed by atoms with E-state index in [2.05, 4.69) is 19.9 Å². The maximum absolute atomic E-state index is 12.8. The SMILES string of the molecule is C[C@@H](Nc1nc(N[C@H](C)C(F)(F)F)nc(-c2cccc(S(C)(=O)=O)n2)n1)C(F)(F)F. The fourth-order valence-corrected chi connectivity index (χ4v) is 2.51. The van der Waals surface area contributed by atoms with Crippen molar-refractivity contribution in [1.29, 1.82) is 0 Å². The summed E-state index contributed by atoms with van der Waals surface area (Å²) < 4.78 is 100. The summed E-state index contributed by atoms with van der Waals surface area (Å²) in [6.45, 7) is 1.52. The summed E-state index contributed by atoms with van der Waals surface area (Å²) in [5.41, 5.74) is -0.189. The van der Waals surface area contributed by atoms with Gasteiger partial charge in [0.25, 0.3) is 0 Å². The van der Waals surface area contributed by atoms with Crippen molar-refractivity contribution < 1.29 is 34.8 Å². The van der Waals surface area contributed by atoms with Gasteiger partial charge in [0.15, 0.2) is 20.7 Å². The molecule has 2 rings (SSSR count). The van der Waals surface area contributed by atoms with E-state index in [1.165, 1.54) is 12.1 Å². The summed E-state index contributed by atoms with van der Waals surface area (Å²) >= 11 is 0. The minimum Gasteiger partial charge on any atom is -0.343 e. The van der Waals surface area contributed by atoms with Gasteiger partial charge in [-0.3, -0.25) is 0 Å². The lowest BCUT2D eigenvalue weighted by Gasteiger charge is -2.20. The zero-order valence-electron chi connectivity index (χ0n) is 15.7. The van der Waals surface area contributed by atoms with Gasteiger partial charge < -0.3 is 10.6 Å². The van der Waals surface area contributed by atoms with Crippen molar-refractivity contribution in [2.45, 2.75) is 43.3 Å². The second kappa shape index (κ2) is 8.20. The van der Waals surface area contributed by atoms with Crippen molar-refractivity contribution in [2.24, 2.45) is 0 Å². The third-order valence-electron chi connectivity index (χ3n) is 3.64. The molecule has 30 heavy (non-hydrogen) atoms. The van der Waals surface area contributed by atoms with E-state index in [4.69, 9.17) is 0 Å². The summed E-state index contributed by atoms with van der Waals surface area (Å²) in [5, 5.41) is 3.49. The van der Waals surface area contributed by atoms with Crippen LogP contribution in [0.4, 0.5) is 38.2 Å². The summed E-state index contributed by atoms with van der Waals surface area (Å²) in [4.78, 5) is 14.8. The van der Waals surface area contributed by atoms with Gasteiger partial charge in [0.05, 0.1) is 0 Å². The fourth-order valence-electron chi connectivity index (χ4n) is 1.92. The molecule has 0 radical (unpaired) electrons. The number of anilines is 2. The van der Waals surface area contributed by atoms with Crippen molar-refractivity contribution in [2.75, 3.05) is 16.9 Å². The molecule has 0 saturated carbocycles. The second-order valence-corrected chi connectivity index (χ2v) is 8.22. The highest BCUT2D eigenvalue weighted by molar-refractivity contribution is 7.90. The molecule has 2 aromatic rings. The third-order valence-corrected chi connectivity index (χ3v) is 4.63. The number of rotatable bonds is 6. The molecule has 166 valence electrons. The van der Waals surface area contributed by atoms with Crippen LogP contribution in [0.3, 0.4) is 0 Å². The van der Waals surface area contributed by atoms with E-state index in [9.17, 15) is 34.8 Å². The Bertz CT molecular complexity index is 971. The number of pyridine rings is 1. The predicted octanol–water partition coefficient (Wildman–Crippen LogP) is 3.06. The first-order chi connectivity index (χ1) is 13.6. The molecule has 0 spiro atoms. The van der Waals surface area contributed by atoms with Crippen molar-refractivity contribution in [1.82, 2.24) is 19.9 Å². The highest BCUT2D eigenvalue weighted by Gasteiger charge is 2.38. The largest absolute Gasteiger partial charge is 0.408 e. The smallest absolute Gasteiger partial charge is 0.343 e. The van der Waals surface area contributed by atoms with Gasteiger partial charge in [-0.2, -0.15) is 41.3 Å². The highest BCUT2D eigenvalue weighted by Crippen LogP contribution is 2.26. The minimum absolute atomic E-state index is 0.189. The van der Waals surface area contributed by atoms with E-state index < -0.39 is 52.0 Å². The monoisotopic (exact) mass is 458 g/mol. The molecule has 0 saturated heterocycles. The first-order valence-corrected chi connectivity index (χ1v) is 10.1. The number of alkyl halides is 6. The summed E-state index contributed by atoms with van der Waals surface area (Å²) in [7, 11) is -3.74. The lowest BCUT2D eigenvalue weighted by atomic mass is 10.3. The van der Waals surface area contributed by atoms with Crippen LogP contribution in [-0.4, -0.2) is 59.0 Å². The van der Waals surface area contributed by atoms with Crippen LogP contribution in [0.25, 0.3) is 11.5 Å². The number of nitrogens with one attached hydrogen (secondary N) is 2. The van der Waals surface area contributed by atoms with Gasteiger partial charge in [-0.25, -0.2) is 13.4 Å². The average molecular weight is 458 g/mol. The topological polar surface area (TPSA) is 110 Å². The molecule has 0 amide bonds. The second-order valence-electron chi connectivity index (χ2n) is 6.25. The Hall–Kier alpha value is -2.71. The molecule has 0 aliphatic carbocycles. The number of hydrogen-bond donors (Lipinski definition) is 2. The number of sulfone groups is 1. The Morgan fingerprint density at radius 2 is 1.30 bits per heavy atom. The number of aromatic nitrogens is 4. The van der Waals surface area contributed by atoms with Gasteiger partial charge in [-0.05, 0) is 26.0 Å². The van der Waals surface area contributed by atoms with Crippen LogP contribution in [0.15, 0.2) is 23.2 Å². The summed E-state index contributed by atoms with van der Waals surface area (Å²) in [5.74, 6) is -1.77. The van der Waals surface area contributed by atoms with Gasteiger partial charge in [-0.15, -0.1) is 0 Å². The van der Waals surface area contributed by atoms with Crippen molar-refractivity contribution in [3.05, 3.63) is 18.2 Å². The van der Waals surface area contributed by atoms with Crippen LogP contribution < -0.4 is 10.6 Å². The van der Waals surface area contributed by atoms with E-state index in [0.29, 0.717) is 0 Å². The number of halogens is 6. The molecular formula is C15H16F6N6O2S. The molecule has 0 fully saturated rings. The highest BCUT2D eigenvalue weighted by atomic mass is 32.2. The van der Waals surface area contributed by atoms with Crippen molar-refractivity contribution in [3.63, 3.8) is 0 Å². The Labute approximate surface area is 167 Å². The summed E-state index contributed by atoms with van der Waals surface area (Å²) in [6.07, 6.45) is -8.50. The van der Waals surface area contributed by atoms with Gasteiger partial charge in [0, 0.05) is 6.26 Å². The molecule has 2 N–H and O–H groups in total. The minimum atomic E-state index is -4.69. The number of nitrogens with zero attached hydrogens (tertiary/aromatic N) is 4. The standard InChI is InChI=1S/C15H16F6N6O2S/c1-7(14(16,17)18)22-12-25-11(9-5-4-6-10(24-9)30(3,28)29)26-13(27-12)23-8(2)15(19,20)21/h4-8H,1-3H3,(H2,22,23,25,26,27)/t7-,8-/m1/s1. The Morgan fingerprint density at radius 1 is 0.833 bits per heavy atom. The molecule has 2 aromatic heterocycles. The molecular weight excluding hydrogens is 442 g/mol. The molecule has 0 aromatic carbocycles. The van der Waals surface area contributed by atoms with Gasteiger partial charge in [-0.1, -0.05) is 6.07 Å². The molecule has 2 heterocycles.